The second kappa shape index (κ2) is 7.67. The van der Waals surface area contributed by atoms with Gasteiger partial charge in [0.1, 0.15) is 11.5 Å². The molecule has 0 spiro atoms. The van der Waals surface area contributed by atoms with Crippen molar-refractivity contribution in [1.29, 1.82) is 0 Å². The highest BCUT2D eigenvalue weighted by atomic mass is 16.3. The van der Waals surface area contributed by atoms with Crippen molar-refractivity contribution in [3.63, 3.8) is 0 Å². The quantitative estimate of drug-likeness (QED) is 0.619. The third-order valence-corrected chi connectivity index (χ3v) is 5.37. The lowest BCUT2D eigenvalue weighted by Gasteiger charge is -2.14. The molecule has 2 amide bonds. The van der Waals surface area contributed by atoms with Crippen LogP contribution in [-0.2, 0) is 16.1 Å². The number of amides is 2. The molecule has 0 saturated carbocycles. The number of carbonyl (C=O) groups is 2. The van der Waals surface area contributed by atoms with Gasteiger partial charge in [-0.25, -0.2) is 0 Å². The predicted octanol–water partition coefficient (Wildman–Crippen LogP) is 4.91. The number of aryl methyl sites for hydroxylation is 4. The second-order valence-electron chi connectivity index (χ2n) is 7.79. The van der Waals surface area contributed by atoms with Crippen molar-refractivity contribution in [2.45, 2.75) is 34.2 Å². The topological polar surface area (TPSA) is 62.6 Å². The minimum atomic E-state index is -0.354. The number of anilines is 1. The highest BCUT2D eigenvalue weighted by molar-refractivity contribution is 6.36. The minimum absolute atomic E-state index is 0.0943. The third-order valence-electron chi connectivity index (χ3n) is 5.37. The summed E-state index contributed by atoms with van der Waals surface area (Å²) in [6, 6.07) is 15.4. The summed E-state index contributed by atoms with van der Waals surface area (Å²) in [7, 11) is 0. The number of rotatable bonds is 5. The Morgan fingerprint density at radius 2 is 1.60 bits per heavy atom. The van der Waals surface area contributed by atoms with Crippen LogP contribution in [0.3, 0.4) is 0 Å². The summed E-state index contributed by atoms with van der Waals surface area (Å²) >= 11 is 0. The van der Waals surface area contributed by atoms with Crippen molar-refractivity contribution in [1.82, 2.24) is 4.90 Å². The molecule has 1 aliphatic rings. The molecule has 1 aliphatic heterocycles. The van der Waals surface area contributed by atoms with Gasteiger partial charge in [0.25, 0.3) is 11.8 Å². The summed E-state index contributed by atoms with van der Waals surface area (Å²) in [5.74, 6) is -0.117. The van der Waals surface area contributed by atoms with Gasteiger partial charge in [-0.1, -0.05) is 35.9 Å². The molecule has 4 rings (SSSR count). The molecule has 0 unspecified atom stereocenters. The number of carbonyl (C=O) groups excluding carboxylic acids is 2. The van der Waals surface area contributed by atoms with E-state index in [4.69, 9.17) is 4.42 Å². The zero-order valence-electron chi connectivity index (χ0n) is 17.6. The van der Waals surface area contributed by atoms with Gasteiger partial charge >= 0.3 is 0 Å². The smallest absolute Gasteiger partial charge is 0.278 e. The molecule has 1 N–H and O–H groups in total. The summed E-state index contributed by atoms with van der Waals surface area (Å²) in [6.07, 6.45) is 1.54. The van der Waals surface area contributed by atoms with Gasteiger partial charge in [0.15, 0.2) is 0 Å². The first-order chi connectivity index (χ1) is 14.3. The van der Waals surface area contributed by atoms with Crippen molar-refractivity contribution in [2.75, 3.05) is 5.32 Å². The summed E-state index contributed by atoms with van der Waals surface area (Å²) in [6.45, 7) is 8.02. The SMILES string of the molecule is Cc1ccc(C2=C(Nc3cc(C)ccc3C)C(=O)N(Cc3ccco3)C2=O)c(C)c1. The molecule has 2 aromatic carbocycles. The van der Waals surface area contributed by atoms with E-state index in [1.807, 2.05) is 64.1 Å². The fraction of sp³-hybridized carbons (Fsp3) is 0.200. The first kappa shape index (κ1) is 19.7. The van der Waals surface area contributed by atoms with Crippen LogP contribution in [0.15, 0.2) is 64.9 Å². The zero-order valence-corrected chi connectivity index (χ0v) is 17.6. The van der Waals surface area contributed by atoms with Crippen LogP contribution >= 0.6 is 0 Å². The van der Waals surface area contributed by atoms with Crippen molar-refractivity contribution in [3.05, 3.63) is 94.1 Å². The molecule has 0 atom stereocenters. The molecule has 1 aromatic heterocycles. The van der Waals surface area contributed by atoms with Crippen LogP contribution in [-0.4, -0.2) is 16.7 Å². The number of imide groups is 1. The van der Waals surface area contributed by atoms with Gasteiger partial charge in [-0.2, -0.15) is 0 Å². The average Bonchev–Trinajstić information content (AvgIpc) is 3.29. The van der Waals surface area contributed by atoms with E-state index in [0.717, 1.165) is 33.5 Å². The van der Waals surface area contributed by atoms with E-state index in [2.05, 4.69) is 5.32 Å². The molecular formula is C25H24N2O3. The van der Waals surface area contributed by atoms with Gasteiger partial charge in [-0.05, 0) is 68.1 Å². The maximum Gasteiger partial charge on any atom is 0.278 e. The fourth-order valence-corrected chi connectivity index (χ4v) is 3.74. The fourth-order valence-electron chi connectivity index (χ4n) is 3.74. The monoisotopic (exact) mass is 400 g/mol. The molecule has 5 heteroatoms. The lowest BCUT2D eigenvalue weighted by molar-refractivity contribution is -0.137. The molecule has 5 nitrogen and oxygen atoms in total. The summed E-state index contributed by atoms with van der Waals surface area (Å²) in [5, 5.41) is 3.27. The van der Waals surface area contributed by atoms with Crippen molar-refractivity contribution in [2.24, 2.45) is 0 Å². The Morgan fingerprint density at radius 3 is 2.30 bits per heavy atom. The standard InChI is InChI=1S/C25H24N2O3/c1-15-8-10-20(18(4)12-15)22-23(26-21-13-16(2)7-9-17(21)3)25(29)27(24(22)28)14-19-6-5-11-30-19/h5-13,26H,14H2,1-4H3. The van der Waals surface area contributed by atoms with Crippen molar-refractivity contribution >= 4 is 23.1 Å². The number of nitrogens with zero attached hydrogens (tertiary/aromatic N) is 1. The second-order valence-corrected chi connectivity index (χ2v) is 7.79. The van der Waals surface area contributed by atoms with E-state index in [1.54, 1.807) is 12.1 Å². The Kier molecular flexibility index (Phi) is 5.04. The Bertz CT molecular complexity index is 1170. The number of hydrogen-bond donors (Lipinski definition) is 1. The molecule has 0 fully saturated rings. The first-order valence-corrected chi connectivity index (χ1v) is 9.90. The molecule has 0 radical (unpaired) electrons. The molecular weight excluding hydrogens is 376 g/mol. The molecule has 0 bridgehead atoms. The Hall–Kier alpha value is -3.60. The van der Waals surface area contributed by atoms with Gasteiger partial charge in [0, 0.05) is 5.69 Å². The Labute approximate surface area is 176 Å². The maximum atomic E-state index is 13.4. The maximum absolute atomic E-state index is 13.4. The molecule has 152 valence electrons. The molecule has 2 heterocycles. The van der Waals surface area contributed by atoms with Crippen LogP contribution in [0, 0.1) is 27.7 Å². The lowest BCUT2D eigenvalue weighted by atomic mass is 9.97. The van der Waals surface area contributed by atoms with E-state index in [9.17, 15) is 9.59 Å². The minimum Gasteiger partial charge on any atom is -0.467 e. The zero-order chi connectivity index (χ0) is 21.4. The number of benzene rings is 2. The van der Waals surface area contributed by atoms with Gasteiger partial charge in [-0.3, -0.25) is 14.5 Å². The highest BCUT2D eigenvalue weighted by Gasteiger charge is 2.40. The van der Waals surface area contributed by atoms with Gasteiger partial charge in [-0.15, -0.1) is 0 Å². The van der Waals surface area contributed by atoms with E-state index in [-0.39, 0.29) is 18.4 Å². The Morgan fingerprint density at radius 1 is 0.867 bits per heavy atom. The van der Waals surface area contributed by atoms with Crippen molar-refractivity contribution in [3.8, 4) is 0 Å². The average molecular weight is 400 g/mol. The van der Waals surface area contributed by atoms with Gasteiger partial charge in [0.2, 0.25) is 0 Å². The van der Waals surface area contributed by atoms with Crippen molar-refractivity contribution < 1.29 is 14.0 Å². The van der Waals surface area contributed by atoms with Crippen LogP contribution in [0.1, 0.15) is 33.6 Å². The highest BCUT2D eigenvalue weighted by Crippen LogP contribution is 2.34. The first-order valence-electron chi connectivity index (χ1n) is 9.90. The normalized spacial score (nSPS) is 14.1. The van der Waals surface area contributed by atoms with E-state index < -0.39 is 0 Å². The molecule has 30 heavy (non-hydrogen) atoms. The van der Waals surface area contributed by atoms with Gasteiger partial charge in [0.05, 0.1) is 18.4 Å². The summed E-state index contributed by atoms with van der Waals surface area (Å²) in [4.78, 5) is 28.0. The Balaban J connectivity index is 1.82. The number of nitrogens with one attached hydrogen (secondary N) is 1. The summed E-state index contributed by atoms with van der Waals surface area (Å²) in [5.41, 5.74) is 6.38. The van der Waals surface area contributed by atoms with Crippen LogP contribution in [0.25, 0.3) is 5.57 Å². The van der Waals surface area contributed by atoms with Crippen LogP contribution in [0.4, 0.5) is 5.69 Å². The summed E-state index contributed by atoms with van der Waals surface area (Å²) < 4.78 is 5.38. The van der Waals surface area contributed by atoms with Crippen LogP contribution in [0.5, 0.6) is 0 Å². The molecule has 3 aromatic rings. The molecule has 0 saturated heterocycles. The lowest BCUT2D eigenvalue weighted by Crippen LogP contribution is -2.31. The number of furan rings is 1. The third kappa shape index (κ3) is 3.54. The number of hydrogen-bond acceptors (Lipinski definition) is 4. The van der Waals surface area contributed by atoms with E-state index in [0.29, 0.717) is 17.0 Å². The van der Waals surface area contributed by atoms with Gasteiger partial charge < -0.3 is 9.73 Å². The van der Waals surface area contributed by atoms with Crippen LogP contribution < -0.4 is 5.32 Å². The van der Waals surface area contributed by atoms with E-state index in [1.165, 1.54) is 11.2 Å². The predicted molar refractivity (Wildman–Crippen MR) is 117 cm³/mol. The van der Waals surface area contributed by atoms with E-state index >= 15 is 0 Å². The largest absolute Gasteiger partial charge is 0.467 e. The van der Waals surface area contributed by atoms with Crippen LogP contribution in [0.2, 0.25) is 0 Å². The molecule has 0 aliphatic carbocycles.